The van der Waals surface area contributed by atoms with Gasteiger partial charge in [-0.2, -0.15) is 0 Å². The zero-order valence-electron chi connectivity index (χ0n) is 26.7. The van der Waals surface area contributed by atoms with Crippen LogP contribution in [0, 0.1) is 0 Å². The van der Waals surface area contributed by atoms with E-state index in [1.54, 1.807) is 18.2 Å². The first-order chi connectivity index (χ1) is 21.8. The van der Waals surface area contributed by atoms with E-state index < -0.39 is 15.6 Å². The fraction of sp³-hybridized carbons (Fsp3) is 0.424. The lowest BCUT2D eigenvalue weighted by Gasteiger charge is -2.30. The predicted molar refractivity (Wildman–Crippen MR) is 181 cm³/mol. The third-order valence-corrected chi connectivity index (χ3v) is 9.67. The number of aromatic nitrogens is 4. The summed E-state index contributed by atoms with van der Waals surface area (Å²) in [4.78, 5) is 21.6. The minimum Gasteiger partial charge on any atom is -0.444 e. The van der Waals surface area contributed by atoms with Crippen molar-refractivity contribution < 1.29 is 17.9 Å². The molecule has 0 spiro atoms. The van der Waals surface area contributed by atoms with Crippen LogP contribution in [-0.2, 0) is 27.6 Å². The van der Waals surface area contributed by atoms with Crippen molar-refractivity contribution in [2.45, 2.75) is 95.7 Å². The number of ether oxygens (including phenoxy) is 1. The van der Waals surface area contributed by atoms with Crippen molar-refractivity contribution >= 4 is 50.4 Å². The molecule has 2 heterocycles. The summed E-state index contributed by atoms with van der Waals surface area (Å²) in [5.74, 6) is 0.688. The number of fused-ring (bicyclic) bond motifs is 1. The maximum Gasteiger partial charge on any atom is 0.407 e. The summed E-state index contributed by atoms with van der Waals surface area (Å²) in [5, 5.41) is 16.1. The van der Waals surface area contributed by atoms with Crippen LogP contribution < -0.4 is 15.4 Å². The first kappa shape index (κ1) is 33.3. The van der Waals surface area contributed by atoms with E-state index >= 15 is 0 Å². The minimum absolute atomic E-state index is 0.0283. The van der Waals surface area contributed by atoms with Gasteiger partial charge in [0.25, 0.3) is 10.0 Å². The maximum absolute atomic E-state index is 13.0. The van der Waals surface area contributed by atoms with Gasteiger partial charge >= 0.3 is 6.09 Å². The Hall–Kier alpha value is -4.03. The number of halogens is 1. The van der Waals surface area contributed by atoms with Gasteiger partial charge in [0, 0.05) is 29.2 Å². The quantitative estimate of drug-likeness (QED) is 0.173. The molecule has 13 heteroatoms. The van der Waals surface area contributed by atoms with E-state index in [-0.39, 0.29) is 33.9 Å². The molecule has 0 saturated heterocycles. The second-order valence-corrected chi connectivity index (χ2v) is 14.5. The molecule has 1 saturated carbocycles. The van der Waals surface area contributed by atoms with Gasteiger partial charge in [-0.3, -0.25) is 4.72 Å². The number of nitrogens with zero attached hydrogens (tertiary/aromatic N) is 4. The molecule has 244 valence electrons. The molecule has 5 rings (SSSR count). The highest BCUT2D eigenvalue weighted by atomic mass is 35.5. The number of sulfonamides is 1. The molecule has 3 N–H and O–H groups in total. The van der Waals surface area contributed by atoms with Crippen LogP contribution in [0.15, 0.2) is 53.6 Å². The fourth-order valence-electron chi connectivity index (χ4n) is 5.58. The number of carbonyl (C=O) groups is 1. The largest absolute Gasteiger partial charge is 0.444 e. The van der Waals surface area contributed by atoms with E-state index in [1.165, 1.54) is 12.1 Å². The van der Waals surface area contributed by atoms with Gasteiger partial charge in [-0.25, -0.2) is 23.2 Å². The van der Waals surface area contributed by atoms with Gasteiger partial charge in [-0.05, 0) is 101 Å². The first-order valence-electron chi connectivity index (χ1n) is 15.5. The molecule has 2 aromatic carbocycles. The molecule has 1 aliphatic carbocycles. The lowest BCUT2D eigenvalue weighted by atomic mass is 9.91. The van der Waals surface area contributed by atoms with Crippen molar-refractivity contribution in [1.29, 1.82) is 0 Å². The lowest BCUT2D eigenvalue weighted by Crippen LogP contribution is -2.42. The van der Waals surface area contributed by atoms with Crippen LogP contribution >= 0.6 is 11.6 Å². The van der Waals surface area contributed by atoms with Crippen molar-refractivity contribution in [1.82, 2.24) is 25.5 Å². The van der Waals surface area contributed by atoms with Crippen LogP contribution in [0.1, 0.15) is 71.4 Å². The zero-order valence-corrected chi connectivity index (χ0v) is 28.3. The molecule has 0 radical (unpaired) electrons. The van der Waals surface area contributed by atoms with E-state index in [1.807, 2.05) is 40.0 Å². The number of carbonyl (C=O) groups excluding carboxylic acids is 1. The van der Waals surface area contributed by atoms with E-state index in [2.05, 4.69) is 43.5 Å². The normalized spacial score (nSPS) is 17.0. The molecule has 2 aromatic heterocycles. The van der Waals surface area contributed by atoms with Crippen LogP contribution in [0.25, 0.3) is 22.2 Å². The van der Waals surface area contributed by atoms with Gasteiger partial charge in [0.05, 0.1) is 16.2 Å². The summed E-state index contributed by atoms with van der Waals surface area (Å²) in [7, 11) is -3.94. The molecule has 1 amide bonds. The Morgan fingerprint density at radius 2 is 1.67 bits per heavy atom. The summed E-state index contributed by atoms with van der Waals surface area (Å²) in [5.41, 5.74) is 3.73. The fourth-order valence-corrected chi connectivity index (χ4v) is 7.09. The number of hydrogen-bond donors (Lipinski definition) is 3. The molecule has 0 aliphatic heterocycles. The van der Waals surface area contributed by atoms with Crippen molar-refractivity contribution in [2.75, 3.05) is 10.0 Å². The Labute approximate surface area is 275 Å². The minimum atomic E-state index is -3.94. The predicted octanol–water partition coefficient (Wildman–Crippen LogP) is 6.91. The summed E-state index contributed by atoms with van der Waals surface area (Å²) < 4.78 is 33.8. The molecule has 0 unspecified atom stereocenters. The van der Waals surface area contributed by atoms with Crippen molar-refractivity contribution in [3.63, 3.8) is 0 Å². The number of aryl methyl sites for hydroxylation is 2. The van der Waals surface area contributed by atoms with Gasteiger partial charge in [0.1, 0.15) is 10.5 Å². The van der Waals surface area contributed by atoms with Crippen molar-refractivity contribution in [3.8, 4) is 11.3 Å². The van der Waals surface area contributed by atoms with E-state index in [4.69, 9.17) is 21.3 Å². The summed E-state index contributed by atoms with van der Waals surface area (Å²) in [6.45, 7) is 9.63. The second kappa shape index (κ2) is 13.8. The van der Waals surface area contributed by atoms with Crippen molar-refractivity contribution in [3.05, 3.63) is 64.8 Å². The lowest BCUT2D eigenvalue weighted by molar-refractivity contribution is 0.0492. The Kier molecular flexibility index (Phi) is 9.97. The standard InChI is InChI=1S/C33H40ClN7O4S/c1-6-20-16-22(30-21(7-2)18-28(39-40-30)41-46(43,44)27-11-9-8-10-26(27)34)17-23-19-35-31(38-29(20)23)36-24-12-14-25(15-13-24)37-32(42)45-33(3,4)5/h8-11,16-19,24-25H,6-7,12-15H2,1-5H3,(H,37,42)(H,39,41)(H,35,36,38). The van der Waals surface area contributed by atoms with E-state index in [0.29, 0.717) is 18.1 Å². The molecule has 1 fully saturated rings. The van der Waals surface area contributed by atoms with Gasteiger partial charge in [-0.1, -0.05) is 37.6 Å². The van der Waals surface area contributed by atoms with Crippen LogP contribution in [0.2, 0.25) is 5.02 Å². The number of anilines is 2. The smallest absolute Gasteiger partial charge is 0.407 e. The zero-order chi connectivity index (χ0) is 33.1. The highest BCUT2D eigenvalue weighted by Gasteiger charge is 2.25. The number of alkyl carbamates (subject to hydrolysis) is 1. The first-order valence-corrected chi connectivity index (χ1v) is 17.4. The summed E-state index contributed by atoms with van der Waals surface area (Å²) >= 11 is 6.12. The maximum atomic E-state index is 13.0. The average Bonchev–Trinajstić information content (AvgIpc) is 3.00. The highest BCUT2D eigenvalue weighted by Crippen LogP contribution is 2.31. The van der Waals surface area contributed by atoms with Gasteiger partial charge in [-0.15, -0.1) is 10.2 Å². The molecular formula is C33H40ClN7O4S. The Balaban J connectivity index is 1.31. The molecule has 11 nitrogen and oxygen atoms in total. The number of benzene rings is 2. The molecular weight excluding hydrogens is 626 g/mol. The van der Waals surface area contributed by atoms with Crippen LogP contribution in [-0.4, -0.2) is 52.4 Å². The second-order valence-electron chi connectivity index (χ2n) is 12.5. The number of rotatable bonds is 9. The monoisotopic (exact) mass is 665 g/mol. The third-order valence-electron chi connectivity index (χ3n) is 7.82. The third kappa shape index (κ3) is 8.03. The summed E-state index contributed by atoms with van der Waals surface area (Å²) in [6, 6.07) is 12.3. The Morgan fingerprint density at radius 3 is 2.35 bits per heavy atom. The molecule has 46 heavy (non-hydrogen) atoms. The highest BCUT2D eigenvalue weighted by molar-refractivity contribution is 7.92. The van der Waals surface area contributed by atoms with Gasteiger partial charge in [0.15, 0.2) is 5.82 Å². The SMILES string of the molecule is CCc1cc(NS(=O)(=O)c2ccccc2Cl)nnc1-c1cc(CC)c2nc(NC3CCC(NC(=O)OC(C)(C)C)CC3)ncc2c1. The van der Waals surface area contributed by atoms with Gasteiger partial charge < -0.3 is 15.4 Å². The van der Waals surface area contributed by atoms with Crippen LogP contribution in [0.5, 0.6) is 0 Å². The number of hydrogen-bond acceptors (Lipinski definition) is 9. The average molecular weight is 666 g/mol. The topological polar surface area (TPSA) is 148 Å². The van der Waals surface area contributed by atoms with Crippen LogP contribution in [0.4, 0.5) is 16.6 Å². The van der Waals surface area contributed by atoms with E-state index in [0.717, 1.165) is 59.7 Å². The van der Waals surface area contributed by atoms with Gasteiger partial charge in [0.2, 0.25) is 5.95 Å². The Bertz CT molecular complexity index is 1840. The molecule has 0 atom stereocenters. The molecule has 0 bridgehead atoms. The summed E-state index contributed by atoms with van der Waals surface area (Å²) in [6.07, 6.45) is 6.24. The van der Waals surface area contributed by atoms with Crippen LogP contribution in [0.3, 0.4) is 0 Å². The van der Waals surface area contributed by atoms with E-state index in [9.17, 15) is 13.2 Å². The molecule has 1 aliphatic rings. The Morgan fingerprint density at radius 1 is 0.978 bits per heavy atom. The number of nitrogens with one attached hydrogen (secondary N) is 3. The van der Waals surface area contributed by atoms with Crippen molar-refractivity contribution in [2.24, 2.45) is 0 Å². The molecule has 4 aromatic rings. The number of amides is 1.